The molecule has 1 atom stereocenters. The van der Waals surface area contributed by atoms with Crippen LogP contribution in [0.1, 0.15) is 25.0 Å². The number of anilines is 1. The number of carbonyl (C=O) groups excluding carboxylic acids is 1. The molecule has 1 saturated heterocycles. The lowest BCUT2D eigenvalue weighted by molar-refractivity contribution is -0.117. The van der Waals surface area contributed by atoms with Crippen LogP contribution < -0.4 is 5.32 Å². The minimum Gasteiger partial charge on any atom is -0.381 e. The SMILES string of the molecule is Cc1cc(NC(=O)CN(CC2CCOC2)C2CC2)no1. The molecule has 6 heteroatoms. The fourth-order valence-electron chi connectivity index (χ4n) is 2.63. The second kappa shape index (κ2) is 5.93. The van der Waals surface area contributed by atoms with Crippen LogP contribution >= 0.6 is 0 Å². The van der Waals surface area contributed by atoms with Crippen molar-refractivity contribution in [3.63, 3.8) is 0 Å². The molecule has 0 aromatic carbocycles. The summed E-state index contributed by atoms with van der Waals surface area (Å²) < 4.78 is 10.4. The number of aromatic nitrogens is 1. The van der Waals surface area contributed by atoms with Crippen molar-refractivity contribution >= 4 is 11.7 Å². The highest BCUT2D eigenvalue weighted by molar-refractivity contribution is 5.91. The lowest BCUT2D eigenvalue weighted by Crippen LogP contribution is -2.38. The zero-order valence-corrected chi connectivity index (χ0v) is 11.8. The van der Waals surface area contributed by atoms with Gasteiger partial charge in [-0.2, -0.15) is 0 Å². The molecular formula is C14H21N3O3. The third-order valence-corrected chi connectivity index (χ3v) is 3.82. The van der Waals surface area contributed by atoms with E-state index < -0.39 is 0 Å². The predicted molar refractivity (Wildman–Crippen MR) is 73.4 cm³/mol. The van der Waals surface area contributed by atoms with Gasteiger partial charge >= 0.3 is 0 Å². The minimum absolute atomic E-state index is 0.0240. The molecule has 1 N–H and O–H groups in total. The number of amides is 1. The van der Waals surface area contributed by atoms with E-state index in [0.29, 0.717) is 30.1 Å². The van der Waals surface area contributed by atoms with Gasteiger partial charge in [-0.3, -0.25) is 9.69 Å². The van der Waals surface area contributed by atoms with Gasteiger partial charge in [0.2, 0.25) is 5.91 Å². The molecule has 110 valence electrons. The standard InChI is InChI=1S/C14H21N3O3/c1-10-6-13(16-20-10)15-14(18)8-17(12-2-3-12)7-11-4-5-19-9-11/h6,11-12H,2-5,7-9H2,1H3,(H,15,16,18). The fraction of sp³-hybridized carbons (Fsp3) is 0.714. The lowest BCUT2D eigenvalue weighted by Gasteiger charge is -2.23. The number of ether oxygens (including phenoxy) is 1. The summed E-state index contributed by atoms with van der Waals surface area (Å²) in [4.78, 5) is 14.4. The largest absolute Gasteiger partial charge is 0.381 e. The summed E-state index contributed by atoms with van der Waals surface area (Å²) in [6, 6.07) is 2.30. The lowest BCUT2D eigenvalue weighted by atomic mass is 10.1. The summed E-state index contributed by atoms with van der Waals surface area (Å²) in [7, 11) is 0. The van der Waals surface area contributed by atoms with Gasteiger partial charge in [-0.25, -0.2) is 0 Å². The van der Waals surface area contributed by atoms with Gasteiger partial charge in [0.05, 0.1) is 13.2 Å². The summed E-state index contributed by atoms with van der Waals surface area (Å²) in [6.45, 7) is 4.86. The van der Waals surface area contributed by atoms with Gasteiger partial charge in [0.25, 0.3) is 0 Å². The summed E-state index contributed by atoms with van der Waals surface area (Å²) in [5.74, 6) is 1.73. The number of nitrogens with one attached hydrogen (secondary N) is 1. The van der Waals surface area contributed by atoms with Crippen molar-refractivity contribution in [2.75, 3.05) is 31.6 Å². The Kier molecular flexibility index (Phi) is 4.03. The molecule has 1 unspecified atom stereocenters. The molecule has 2 fully saturated rings. The zero-order valence-electron chi connectivity index (χ0n) is 11.8. The molecule has 1 aliphatic carbocycles. The first-order valence-corrected chi connectivity index (χ1v) is 7.25. The molecule has 0 spiro atoms. The molecule has 1 aliphatic heterocycles. The molecule has 1 aromatic rings. The molecule has 2 heterocycles. The monoisotopic (exact) mass is 279 g/mol. The van der Waals surface area contributed by atoms with Crippen molar-refractivity contribution < 1.29 is 14.1 Å². The first-order valence-electron chi connectivity index (χ1n) is 7.25. The Labute approximate surface area is 118 Å². The topological polar surface area (TPSA) is 67.6 Å². The Hall–Kier alpha value is -1.40. The predicted octanol–water partition coefficient (Wildman–Crippen LogP) is 1.42. The maximum absolute atomic E-state index is 12.1. The molecular weight excluding hydrogens is 258 g/mol. The summed E-state index contributed by atoms with van der Waals surface area (Å²) in [5.41, 5.74) is 0. The number of hydrogen-bond donors (Lipinski definition) is 1. The van der Waals surface area contributed by atoms with Crippen molar-refractivity contribution in [3.05, 3.63) is 11.8 Å². The third kappa shape index (κ3) is 3.58. The molecule has 3 rings (SSSR count). The van der Waals surface area contributed by atoms with Crippen LogP contribution in [0.3, 0.4) is 0 Å². The molecule has 1 aromatic heterocycles. The normalized spacial score (nSPS) is 22.4. The van der Waals surface area contributed by atoms with Crippen LogP contribution in [0.15, 0.2) is 10.6 Å². The highest BCUT2D eigenvalue weighted by Gasteiger charge is 2.32. The summed E-state index contributed by atoms with van der Waals surface area (Å²) in [6.07, 6.45) is 3.50. The van der Waals surface area contributed by atoms with E-state index in [1.807, 2.05) is 0 Å². The Morgan fingerprint density at radius 1 is 1.50 bits per heavy atom. The fourth-order valence-corrected chi connectivity index (χ4v) is 2.63. The number of hydrogen-bond acceptors (Lipinski definition) is 5. The smallest absolute Gasteiger partial charge is 0.239 e. The number of aryl methyl sites for hydroxylation is 1. The van der Waals surface area contributed by atoms with E-state index in [2.05, 4.69) is 15.4 Å². The maximum Gasteiger partial charge on any atom is 0.239 e. The first-order chi connectivity index (χ1) is 9.70. The van der Waals surface area contributed by atoms with Crippen LogP contribution in [-0.4, -0.2) is 48.3 Å². The first kappa shape index (κ1) is 13.6. The number of nitrogens with zero attached hydrogens (tertiary/aromatic N) is 2. The van der Waals surface area contributed by atoms with E-state index in [4.69, 9.17) is 9.26 Å². The van der Waals surface area contributed by atoms with Gasteiger partial charge in [0.1, 0.15) is 5.76 Å². The molecule has 1 amide bonds. The Morgan fingerprint density at radius 2 is 2.35 bits per heavy atom. The van der Waals surface area contributed by atoms with Crippen molar-refractivity contribution in [2.24, 2.45) is 5.92 Å². The van der Waals surface area contributed by atoms with Gasteiger partial charge in [0.15, 0.2) is 5.82 Å². The van der Waals surface area contributed by atoms with E-state index in [-0.39, 0.29) is 5.91 Å². The van der Waals surface area contributed by atoms with E-state index in [9.17, 15) is 4.79 Å². The van der Waals surface area contributed by atoms with Gasteiger partial charge < -0.3 is 14.6 Å². The maximum atomic E-state index is 12.1. The van der Waals surface area contributed by atoms with Gasteiger partial charge in [-0.15, -0.1) is 0 Å². The average Bonchev–Trinajstić information content (AvgIpc) is 2.99. The molecule has 2 aliphatic rings. The minimum atomic E-state index is -0.0240. The van der Waals surface area contributed by atoms with Crippen LogP contribution in [0.4, 0.5) is 5.82 Å². The second-order valence-electron chi connectivity index (χ2n) is 5.76. The quantitative estimate of drug-likeness (QED) is 0.853. The van der Waals surface area contributed by atoms with E-state index in [1.165, 1.54) is 12.8 Å². The van der Waals surface area contributed by atoms with Crippen LogP contribution in [0.5, 0.6) is 0 Å². The molecule has 0 radical (unpaired) electrons. The van der Waals surface area contributed by atoms with Crippen molar-refractivity contribution in [2.45, 2.75) is 32.2 Å². The van der Waals surface area contributed by atoms with E-state index >= 15 is 0 Å². The molecule has 6 nitrogen and oxygen atoms in total. The van der Waals surface area contributed by atoms with Crippen LogP contribution in [-0.2, 0) is 9.53 Å². The second-order valence-corrected chi connectivity index (χ2v) is 5.76. The zero-order chi connectivity index (χ0) is 13.9. The number of carbonyl (C=O) groups is 1. The number of rotatable bonds is 6. The summed E-state index contributed by atoms with van der Waals surface area (Å²) >= 11 is 0. The van der Waals surface area contributed by atoms with Gasteiger partial charge in [-0.05, 0) is 32.1 Å². The Balaban J connectivity index is 1.51. The van der Waals surface area contributed by atoms with Crippen LogP contribution in [0.25, 0.3) is 0 Å². The Morgan fingerprint density at radius 3 is 2.95 bits per heavy atom. The third-order valence-electron chi connectivity index (χ3n) is 3.82. The highest BCUT2D eigenvalue weighted by atomic mass is 16.5. The average molecular weight is 279 g/mol. The molecule has 0 bridgehead atoms. The van der Waals surface area contributed by atoms with E-state index in [1.54, 1.807) is 13.0 Å². The van der Waals surface area contributed by atoms with Gasteiger partial charge in [-0.1, -0.05) is 5.16 Å². The van der Waals surface area contributed by atoms with Crippen LogP contribution in [0, 0.1) is 12.8 Å². The van der Waals surface area contributed by atoms with Crippen molar-refractivity contribution in [3.8, 4) is 0 Å². The molecule has 20 heavy (non-hydrogen) atoms. The van der Waals surface area contributed by atoms with Crippen molar-refractivity contribution in [1.82, 2.24) is 10.1 Å². The molecule has 1 saturated carbocycles. The van der Waals surface area contributed by atoms with E-state index in [0.717, 1.165) is 26.2 Å². The Bertz CT molecular complexity index is 464. The van der Waals surface area contributed by atoms with Crippen molar-refractivity contribution in [1.29, 1.82) is 0 Å². The van der Waals surface area contributed by atoms with Gasteiger partial charge in [0, 0.05) is 25.3 Å². The van der Waals surface area contributed by atoms with Crippen LogP contribution in [0.2, 0.25) is 0 Å². The summed E-state index contributed by atoms with van der Waals surface area (Å²) in [5, 5.41) is 6.57. The highest BCUT2D eigenvalue weighted by Crippen LogP contribution is 2.28.